The predicted octanol–water partition coefficient (Wildman–Crippen LogP) is 13.3. The lowest BCUT2D eigenvalue weighted by Gasteiger charge is -2.30. The molecule has 0 atom stereocenters. The minimum atomic E-state index is -6.37. The molecule has 0 heterocycles. The van der Waals surface area contributed by atoms with Crippen LogP contribution in [0.3, 0.4) is 0 Å². The van der Waals surface area contributed by atoms with Crippen LogP contribution >= 0.6 is 58.0 Å². The Labute approximate surface area is 354 Å². The molecule has 61 heavy (non-hydrogen) atoms. The van der Waals surface area contributed by atoms with Gasteiger partial charge in [0.1, 0.15) is 0 Å². The van der Waals surface area contributed by atoms with Gasteiger partial charge in [-0.15, -0.1) is 0 Å². The number of benzene rings is 4. The summed E-state index contributed by atoms with van der Waals surface area (Å²) in [6, 6.07) is 9.48. The van der Waals surface area contributed by atoms with E-state index in [1.54, 1.807) is 0 Å². The molecule has 0 aliphatic rings. The molecule has 4 aromatic rings. The van der Waals surface area contributed by atoms with E-state index in [4.69, 9.17) is 63.7 Å². The highest BCUT2D eigenvalue weighted by Crippen LogP contribution is 2.56. The molecule has 29 heteroatoms. The zero-order chi connectivity index (χ0) is 47.4. The first-order valence-corrected chi connectivity index (χ1v) is 16.8. The normalized spacial score (nSPS) is 12.3. The molecule has 0 spiro atoms. The summed E-state index contributed by atoms with van der Waals surface area (Å²) in [5, 5.41) is 19.0. The van der Waals surface area contributed by atoms with Crippen molar-refractivity contribution in [3.05, 3.63) is 135 Å². The lowest BCUT2D eigenvalue weighted by atomic mass is 9.94. The highest BCUT2D eigenvalue weighted by atomic mass is 35.5. The van der Waals surface area contributed by atoms with Gasteiger partial charge in [-0.3, -0.25) is 29.8 Å². The summed E-state index contributed by atoms with van der Waals surface area (Å²) < 4.78 is 180. The van der Waals surface area contributed by atoms with E-state index in [9.17, 15) is 91.3 Å². The molecular formula is C32H15Cl5F14N4O6. The first-order valence-electron chi connectivity index (χ1n) is 14.9. The Morgan fingerprint density at radius 1 is 0.525 bits per heavy atom. The van der Waals surface area contributed by atoms with Crippen molar-refractivity contribution in [3.63, 3.8) is 0 Å². The van der Waals surface area contributed by atoms with Gasteiger partial charge in [-0.1, -0.05) is 46.4 Å². The Morgan fingerprint density at radius 2 is 0.803 bits per heavy atom. The Bertz CT molecular complexity index is 2180. The van der Waals surface area contributed by atoms with Gasteiger partial charge in [0, 0.05) is 46.5 Å². The van der Waals surface area contributed by atoms with Gasteiger partial charge < -0.3 is 11.1 Å². The van der Waals surface area contributed by atoms with E-state index in [-0.39, 0.29) is 46.8 Å². The van der Waals surface area contributed by atoms with Gasteiger partial charge in [0.2, 0.25) is 0 Å². The highest BCUT2D eigenvalue weighted by Gasteiger charge is 2.74. The number of nitrogens with two attached hydrogens (primary N) is 1. The number of halogens is 19. The fourth-order valence-electron chi connectivity index (χ4n) is 4.29. The minimum Gasteiger partial charge on any atom is -0.396 e. The number of hydrogen-bond donors (Lipinski definition) is 2. The van der Waals surface area contributed by atoms with Gasteiger partial charge in [0.15, 0.2) is 0 Å². The maximum absolute atomic E-state index is 14.2. The van der Waals surface area contributed by atoms with Crippen LogP contribution < -0.4 is 11.1 Å². The molecule has 4 rings (SSSR count). The first kappa shape index (κ1) is 52.2. The third-order valence-electron chi connectivity index (χ3n) is 7.36. The summed E-state index contributed by atoms with van der Waals surface area (Å²) in [5.41, 5.74) is -11.2. The monoisotopic (exact) mass is 992 g/mol. The van der Waals surface area contributed by atoms with E-state index in [0.717, 1.165) is 24.3 Å². The third kappa shape index (κ3) is 11.7. The van der Waals surface area contributed by atoms with Crippen molar-refractivity contribution in [2.75, 3.05) is 11.1 Å². The number of nitrogens with zero attached hydrogens (tertiary/aromatic N) is 2. The summed E-state index contributed by atoms with van der Waals surface area (Å²) >= 11 is 27.1. The molecule has 0 aliphatic heterocycles. The van der Waals surface area contributed by atoms with Crippen molar-refractivity contribution in [2.24, 2.45) is 0 Å². The van der Waals surface area contributed by atoms with Crippen molar-refractivity contribution < 1.29 is 80.9 Å². The number of anilines is 2. The summed E-state index contributed by atoms with van der Waals surface area (Å²) in [7, 11) is 0. The molecular weight excluding hydrogens is 980 g/mol. The van der Waals surface area contributed by atoms with E-state index in [1.807, 2.05) is 5.32 Å². The van der Waals surface area contributed by atoms with Gasteiger partial charge in [-0.25, -0.2) is 8.78 Å². The van der Waals surface area contributed by atoms with Crippen LogP contribution in [0, 0.1) is 20.2 Å². The van der Waals surface area contributed by atoms with Crippen LogP contribution in [0.2, 0.25) is 20.1 Å². The van der Waals surface area contributed by atoms with E-state index in [1.165, 1.54) is 24.3 Å². The maximum Gasteiger partial charge on any atom is 0.435 e. The molecule has 0 saturated carbocycles. The molecule has 0 radical (unpaired) electrons. The molecule has 10 nitrogen and oxygen atoms in total. The van der Waals surface area contributed by atoms with Gasteiger partial charge in [0.25, 0.3) is 22.5 Å². The SMILES string of the molecule is Nc1c(Cl)cc(C(F)(C(F)(F)F)C(F)(F)F)cc1Cl.O=C(Cl)c1ccc([N+](=O)[O-])cc1.O=C(Nc1c(Cl)cc(C(F)(C(F)(F)F)C(F)(F)F)cc1Cl)c1ccc([N+](=O)[O-])cc1. The number of non-ortho nitro benzene ring substituents is 2. The average molecular weight is 995 g/mol. The number of hydrogen-bond acceptors (Lipinski definition) is 7. The number of amides is 1. The second-order valence-electron chi connectivity index (χ2n) is 11.3. The molecule has 0 saturated heterocycles. The zero-order valence-electron chi connectivity index (χ0n) is 28.5. The standard InChI is InChI=1S/C16H7Cl2F7N2O3.C9H4Cl2F7N.C7H4ClNO3/c17-10-5-8(14(19,15(20,21)22)16(23,24)25)6-11(18)12(10)26-13(28)7-1-3-9(4-2-7)27(29)30;10-4-1-3(2-5(11)6(4)19)7(12,8(13,14)15)9(16,17)18;8-7(10)5-1-3-6(4-2-5)9(11)12/h1-6H,(H,26,28);1-2H,19H2;1-4H. The van der Waals surface area contributed by atoms with Crippen LogP contribution in [-0.4, -0.2) is 45.7 Å². The number of carbonyl (C=O) groups excluding carboxylic acids is 2. The molecule has 332 valence electrons. The topological polar surface area (TPSA) is 158 Å². The highest BCUT2D eigenvalue weighted by molar-refractivity contribution is 6.67. The number of carbonyl (C=O) groups is 2. The zero-order valence-corrected chi connectivity index (χ0v) is 32.3. The summed E-state index contributed by atoms with van der Waals surface area (Å²) in [6.45, 7) is 0. The van der Waals surface area contributed by atoms with Crippen LogP contribution in [0.25, 0.3) is 0 Å². The quantitative estimate of drug-likeness (QED) is 0.0613. The van der Waals surface area contributed by atoms with Crippen molar-refractivity contribution in [1.82, 2.24) is 0 Å². The van der Waals surface area contributed by atoms with Crippen molar-refractivity contribution in [1.29, 1.82) is 0 Å². The van der Waals surface area contributed by atoms with Crippen LogP contribution in [0.5, 0.6) is 0 Å². The molecule has 0 bridgehead atoms. The summed E-state index contributed by atoms with van der Waals surface area (Å²) in [4.78, 5) is 42.2. The molecule has 3 N–H and O–H groups in total. The smallest absolute Gasteiger partial charge is 0.396 e. The van der Waals surface area contributed by atoms with Crippen molar-refractivity contribution in [3.8, 4) is 0 Å². The Morgan fingerprint density at radius 3 is 1.07 bits per heavy atom. The Kier molecular flexibility index (Phi) is 16.3. The Balaban J connectivity index is 0.000000351. The van der Waals surface area contributed by atoms with Crippen LogP contribution in [0.4, 0.5) is 84.2 Å². The molecule has 1 amide bonds. The van der Waals surface area contributed by atoms with Crippen LogP contribution in [-0.2, 0) is 11.3 Å². The minimum absolute atomic E-state index is 0.0415. The number of nitrogens with one attached hydrogen (secondary N) is 1. The van der Waals surface area contributed by atoms with Gasteiger partial charge >= 0.3 is 36.0 Å². The molecule has 0 aliphatic carbocycles. The number of nitro benzene ring substituents is 2. The third-order valence-corrected chi connectivity index (χ3v) is 8.80. The fourth-order valence-corrected chi connectivity index (χ4v) is 5.48. The maximum atomic E-state index is 14.2. The summed E-state index contributed by atoms with van der Waals surface area (Å²) in [6.07, 6.45) is -25.2. The van der Waals surface area contributed by atoms with E-state index in [2.05, 4.69) is 0 Å². The second-order valence-corrected chi connectivity index (χ2v) is 13.3. The Hall–Kier alpha value is -4.91. The van der Waals surface area contributed by atoms with Crippen molar-refractivity contribution in [2.45, 2.75) is 36.0 Å². The number of rotatable bonds is 7. The van der Waals surface area contributed by atoms with E-state index < -0.39 is 99.6 Å². The van der Waals surface area contributed by atoms with Crippen molar-refractivity contribution >= 4 is 91.9 Å². The molecule has 0 fully saturated rings. The van der Waals surface area contributed by atoms with Crippen LogP contribution in [0.15, 0.2) is 72.8 Å². The lowest BCUT2D eigenvalue weighted by molar-refractivity contribution is -0.385. The van der Waals surface area contributed by atoms with Gasteiger partial charge in [0.05, 0.1) is 41.3 Å². The van der Waals surface area contributed by atoms with E-state index >= 15 is 0 Å². The van der Waals surface area contributed by atoms with E-state index in [0.29, 0.717) is 0 Å². The average Bonchev–Trinajstić information content (AvgIpc) is 3.12. The predicted molar refractivity (Wildman–Crippen MR) is 191 cm³/mol. The van der Waals surface area contributed by atoms with Gasteiger partial charge in [-0.2, -0.15) is 52.7 Å². The number of nitrogen functional groups attached to an aromatic ring is 1. The second kappa shape index (κ2) is 19.0. The number of alkyl halides is 14. The largest absolute Gasteiger partial charge is 0.435 e. The molecule has 0 aromatic heterocycles. The molecule has 0 unspecified atom stereocenters. The lowest BCUT2D eigenvalue weighted by Crippen LogP contribution is -2.50. The summed E-state index contributed by atoms with van der Waals surface area (Å²) in [5.74, 6) is -0.986. The van der Waals surface area contributed by atoms with Gasteiger partial charge in [-0.05, 0) is 60.1 Å². The first-order chi connectivity index (χ1) is 27.5. The molecule has 4 aromatic carbocycles. The fraction of sp³-hybridized carbons (Fsp3) is 0.188. The number of nitro groups is 2. The van der Waals surface area contributed by atoms with Crippen LogP contribution in [0.1, 0.15) is 31.8 Å².